The molecule has 2 unspecified atom stereocenters. The number of fused-ring (bicyclic) bond motifs is 1. The lowest BCUT2D eigenvalue weighted by Gasteiger charge is -2.40. The third-order valence-corrected chi connectivity index (χ3v) is 6.38. The van der Waals surface area contributed by atoms with Crippen molar-refractivity contribution in [1.82, 2.24) is 9.88 Å². The van der Waals surface area contributed by atoms with E-state index in [-0.39, 0.29) is 38.5 Å². The molecule has 32 heavy (non-hydrogen) atoms. The first kappa shape index (κ1) is 24.0. The zero-order valence-corrected chi connectivity index (χ0v) is 17.4. The Morgan fingerprint density at radius 3 is 2.53 bits per heavy atom. The maximum absolute atomic E-state index is 13.7. The van der Waals surface area contributed by atoms with Crippen molar-refractivity contribution in [3.63, 3.8) is 0 Å². The second-order valence-electron chi connectivity index (χ2n) is 8.92. The number of Topliss-reactive ketones (excluding diaryl/α,β-unsaturated/α-hetero) is 1. The highest BCUT2D eigenvalue weighted by Crippen LogP contribution is 2.40. The highest BCUT2D eigenvalue weighted by molar-refractivity contribution is 5.95. The zero-order valence-electron chi connectivity index (χ0n) is 17.4. The van der Waals surface area contributed by atoms with E-state index in [4.69, 9.17) is 0 Å². The van der Waals surface area contributed by atoms with Gasteiger partial charge in [-0.1, -0.05) is 7.43 Å². The summed E-state index contributed by atoms with van der Waals surface area (Å²) in [7, 11) is 1.99. The Labute approximate surface area is 186 Å². The van der Waals surface area contributed by atoms with Gasteiger partial charge in [0.25, 0.3) is 0 Å². The molecule has 0 amide bonds. The van der Waals surface area contributed by atoms with Gasteiger partial charge in [-0.15, -0.1) is 0 Å². The molecule has 0 bridgehead atoms. The van der Waals surface area contributed by atoms with E-state index in [9.17, 15) is 23.2 Å². The second kappa shape index (κ2) is 9.45. The minimum atomic E-state index is -4.32. The molecule has 8 heteroatoms. The number of carbonyl (C=O) groups is 1. The third kappa shape index (κ3) is 5.04. The number of likely N-dealkylation sites (tertiary alicyclic amines) is 1. The Kier molecular flexibility index (Phi) is 7.09. The average molecular weight is 447 g/mol. The van der Waals surface area contributed by atoms with Crippen molar-refractivity contribution in [2.24, 2.45) is 17.8 Å². The van der Waals surface area contributed by atoms with Crippen LogP contribution in [0.2, 0.25) is 0 Å². The molecular weight excluding hydrogens is 417 g/mol. The van der Waals surface area contributed by atoms with Gasteiger partial charge in [0.05, 0.1) is 17.0 Å². The monoisotopic (exact) mass is 446 g/mol. The van der Waals surface area contributed by atoms with E-state index in [0.29, 0.717) is 41.0 Å². The van der Waals surface area contributed by atoms with Crippen molar-refractivity contribution in [2.75, 3.05) is 38.1 Å². The lowest BCUT2D eigenvalue weighted by molar-refractivity contribution is -0.179. The summed E-state index contributed by atoms with van der Waals surface area (Å²) in [5.74, 6) is -1.47. The van der Waals surface area contributed by atoms with E-state index in [1.807, 2.05) is 7.05 Å². The van der Waals surface area contributed by atoms with Gasteiger partial charge in [0.2, 0.25) is 0 Å². The first-order valence-corrected chi connectivity index (χ1v) is 10.5. The minimum absolute atomic E-state index is 0. The Balaban J connectivity index is 0.00000289. The number of anilines is 1. The normalized spacial score (nSPS) is 22.2. The van der Waals surface area contributed by atoms with E-state index in [1.54, 1.807) is 35.4 Å². The van der Waals surface area contributed by atoms with Crippen molar-refractivity contribution >= 4 is 22.4 Å². The molecule has 2 aromatic rings. The molecule has 0 aliphatic carbocycles. The van der Waals surface area contributed by atoms with E-state index in [0.717, 1.165) is 13.1 Å². The predicted molar refractivity (Wildman–Crippen MR) is 118 cm³/mol. The molecule has 0 spiro atoms. The smallest absolute Gasteiger partial charge is 0.370 e. The highest BCUT2D eigenvalue weighted by atomic mass is 19.4. The van der Waals surface area contributed by atoms with Crippen LogP contribution in [-0.2, 0) is 4.79 Å². The van der Waals surface area contributed by atoms with Gasteiger partial charge >= 0.3 is 6.18 Å². The van der Waals surface area contributed by atoms with Crippen LogP contribution in [0.5, 0.6) is 0 Å². The Morgan fingerprint density at radius 1 is 1.16 bits per heavy atom. The SMILES string of the molecule is C.CN1CC(CC(=O)CC2CC(C(F)(F)F)CN(c3ccc(C#N)c4ncccc34)C2)C1. The number of ketones is 1. The summed E-state index contributed by atoms with van der Waals surface area (Å²) in [6.45, 7) is 1.98. The molecule has 2 fully saturated rings. The summed E-state index contributed by atoms with van der Waals surface area (Å²) in [6, 6.07) is 8.89. The number of carbonyl (C=O) groups excluding carboxylic acids is 1. The maximum atomic E-state index is 13.7. The van der Waals surface area contributed by atoms with Gasteiger partial charge in [-0.25, -0.2) is 0 Å². The third-order valence-electron chi connectivity index (χ3n) is 6.38. The van der Waals surface area contributed by atoms with E-state index in [2.05, 4.69) is 16.0 Å². The number of nitriles is 1. The quantitative estimate of drug-likeness (QED) is 0.669. The molecule has 172 valence electrons. The zero-order chi connectivity index (χ0) is 22.2. The van der Waals surface area contributed by atoms with Crippen LogP contribution in [-0.4, -0.2) is 55.1 Å². The lowest BCUT2D eigenvalue weighted by atomic mass is 9.83. The topological polar surface area (TPSA) is 60.2 Å². The molecule has 1 aromatic heterocycles. The van der Waals surface area contributed by atoms with Crippen molar-refractivity contribution in [3.05, 3.63) is 36.0 Å². The van der Waals surface area contributed by atoms with Gasteiger partial charge in [0.15, 0.2) is 0 Å². The fraction of sp³-hybridized carbons (Fsp3) is 0.542. The molecule has 1 aromatic carbocycles. The molecule has 2 atom stereocenters. The number of hydrogen-bond acceptors (Lipinski definition) is 5. The molecule has 5 nitrogen and oxygen atoms in total. The van der Waals surface area contributed by atoms with E-state index >= 15 is 0 Å². The van der Waals surface area contributed by atoms with Crippen LogP contribution in [0.25, 0.3) is 10.9 Å². The summed E-state index contributed by atoms with van der Waals surface area (Å²) >= 11 is 0. The molecule has 0 saturated carbocycles. The molecule has 2 aliphatic heterocycles. The van der Waals surface area contributed by atoms with Crippen molar-refractivity contribution in [1.29, 1.82) is 5.26 Å². The molecule has 0 radical (unpaired) electrons. The van der Waals surface area contributed by atoms with Gasteiger partial charge in [-0.3, -0.25) is 9.78 Å². The number of hydrogen-bond donors (Lipinski definition) is 0. The Morgan fingerprint density at radius 2 is 1.88 bits per heavy atom. The largest absolute Gasteiger partial charge is 0.393 e. The molecule has 2 saturated heterocycles. The van der Waals surface area contributed by atoms with Crippen LogP contribution in [0, 0.1) is 29.1 Å². The standard InChI is InChI=1S/C23H25F3N4O.CH4/c1-29-11-16(12-29)9-19(31)8-15-7-18(23(24,25)26)14-30(13-15)21-5-4-17(10-27)22-20(21)3-2-6-28-22;/h2-6,15-16,18H,7-9,11-14H2,1H3;1H4. The van der Waals surface area contributed by atoms with Gasteiger partial charge < -0.3 is 9.80 Å². The summed E-state index contributed by atoms with van der Waals surface area (Å²) in [4.78, 5) is 20.7. The summed E-state index contributed by atoms with van der Waals surface area (Å²) in [5.41, 5.74) is 1.51. The fourth-order valence-electron chi connectivity index (χ4n) is 4.99. The van der Waals surface area contributed by atoms with Gasteiger partial charge in [0.1, 0.15) is 11.9 Å². The molecule has 0 N–H and O–H groups in total. The molecule has 4 rings (SSSR count). The minimum Gasteiger partial charge on any atom is -0.370 e. The van der Waals surface area contributed by atoms with Crippen molar-refractivity contribution < 1.29 is 18.0 Å². The molecule has 2 aliphatic rings. The number of benzene rings is 1. The van der Waals surface area contributed by atoms with Gasteiger partial charge in [-0.2, -0.15) is 18.4 Å². The number of piperidine rings is 1. The number of halogens is 3. The first-order valence-electron chi connectivity index (χ1n) is 10.5. The van der Waals surface area contributed by atoms with Gasteiger partial charge in [-0.05, 0) is 49.6 Å². The number of rotatable bonds is 5. The van der Waals surface area contributed by atoms with Crippen LogP contribution in [0.3, 0.4) is 0 Å². The summed E-state index contributed by atoms with van der Waals surface area (Å²) < 4.78 is 41.2. The number of aromatic nitrogens is 1. The van der Waals surface area contributed by atoms with Crippen LogP contribution >= 0.6 is 0 Å². The van der Waals surface area contributed by atoms with Crippen LogP contribution in [0.15, 0.2) is 30.5 Å². The van der Waals surface area contributed by atoms with E-state index in [1.165, 1.54) is 0 Å². The number of pyridine rings is 1. The van der Waals surface area contributed by atoms with E-state index < -0.39 is 12.1 Å². The Hall–Kier alpha value is -2.66. The number of alkyl halides is 3. The van der Waals surface area contributed by atoms with Crippen molar-refractivity contribution in [2.45, 2.75) is 32.9 Å². The summed E-state index contributed by atoms with van der Waals surface area (Å²) in [5, 5.41) is 10.0. The second-order valence-corrected chi connectivity index (χ2v) is 8.92. The first-order chi connectivity index (χ1) is 14.7. The number of nitrogens with zero attached hydrogens (tertiary/aromatic N) is 4. The van der Waals surface area contributed by atoms with Gasteiger partial charge in [0, 0.05) is 56.3 Å². The molecule has 3 heterocycles. The highest BCUT2D eigenvalue weighted by Gasteiger charge is 2.45. The summed E-state index contributed by atoms with van der Waals surface area (Å²) in [6.07, 6.45) is -2.15. The molecular formula is C24H29F3N4O. The van der Waals surface area contributed by atoms with Crippen molar-refractivity contribution in [3.8, 4) is 6.07 Å². The van der Waals surface area contributed by atoms with Crippen LogP contribution in [0.1, 0.15) is 32.3 Å². The fourth-order valence-corrected chi connectivity index (χ4v) is 4.99. The van der Waals surface area contributed by atoms with Crippen LogP contribution < -0.4 is 4.90 Å². The van der Waals surface area contributed by atoms with Crippen LogP contribution in [0.4, 0.5) is 18.9 Å². The maximum Gasteiger partial charge on any atom is 0.393 e. The Bertz CT molecular complexity index is 1010. The average Bonchev–Trinajstić information content (AvgIpc) is 2.71. The lowest BCUT2D eigenvalue weighted by Crippen LogP contribution is -2.47. The predicted octanol–water partition coefficient (Wildman–Crippen LogP) is 4.66.